The molecule has 1 atom stereocenters. The van der Waals surface area contributed by atoms with Crippen LogP contribution in [0, 0.1) is 11.6 Å². The summed E-state index contributed by atoms with van der Waals surface area (Å²) in [4.78, 5) is 24.0. The number of hydrogen-bond acceptors (Lipinski definition) is 4. The third kappa shape index (κ3) is 4.59. The van der Waals surface area contributed by atoms with Gasteiger partial charge in [0.1, 0.15) is 6.04 Å². The number of hydrogen-bond donors (Lipinski definition) is 2. The third-order valence-electron chi connectivity index (χ3n) is 3.70. The molecule has 0 aromatic heterocycles. The van der Waals surface area contributed by atoms with Crippen molar-refractivity contribution < 1.29 is 26.8 Å². The van der Waals surface area contributed by atoms with E-state index in [1.165, 1.54) is 19.1 Å². The number of para-hydroxylation sites is 1. The van der Waals surface area contributed by atoms with Crippen LogP contribution in [0.5, 0.6) is 0 Å². The average molecular weight is 397 g/mol. The Morgan fingerprint density at radius 2 is 1.74 bits per heavy atom. The molecule has 2 aromatic carbocycles. The van der Waals surface area contributed by atoms with E-state index in [1.54, 1.807) is 12.1 Å². The molecule has 0 saturated carbocycles. The van der Waals surface area contributed by atoms with E-state index in [2.05, 4.69) is 5.32 Å². The fourth-order valence-corrected chi connectivity index (χ4v) is 3.64. The van der Waals surface area contributed by atoms with Crippen molar-refractivity contribution in [2.24, 2.45) is 5.73 Å². The molecule has 0 unspecified atom stereocenters. The normalized spacial score (nSPS) is 12.3. The number of primary amides is 1. The lowest BCUT2D eigenvalue weighted by atomic mass is 10.1. The molecular formula is C17H17F2N3O4S. The highest BCUT2D eigenvalue weighted by Crippen LogP contribution is 2.24. The van der Waals surface area contributed by atoms with Gasteiger partial charge in [-0.2, -0.15) is 0 Å². The first kappa shape index (κ1) is 20.3. The Bertz CT molecular complexity index is 995. The van der Waals surface area contributed by atoms with Gasteiger partial charge in [-0.25, -0.2) is 17.2 Å². The Labute approximate surface area is 154 Å². The third-order valence-corrected chi connectivity index (χ3v) is 4.94. The van der Waals surface area contributed by atoms with E-state index in [-0.39, 0.29) is 16.9 Å². The molecule has 0 aliphatic heterocycles. The maximum absolute atomic E-state index is 13.5. The molecule has 0 saturated heterocycles. The Morgan fingerprint density at radius 1 is 1.11 bits per heavy atom. The van der Waals surface area contributed by atoms with Gasteiger partial charge in [0.25, 0.3) is 5.91 Å². The zero-order valence-corrected chi connectivity index (χ0v) is 15.3. The molecule has 0 radical (unpaired) electrons. The minimum Gasteiger partial charge on any atom is -0.366 e. The molecule has 0 bridgehead atoms. The highest BCUT2D eigenvalue weighted by atomic mass is 32.2. The lowest BCUT2D eigenvalue weighted by molar-refractivity contribution is -0.116. The van der Waals surface area contributed by atoms with Crippen molar-refractivity contribution in [3.8, 4) is 0 Å². The van der Waals surface area contributed by atoms with Gasteiger partial charge in [-0.1, -0.05) is 12.1 Å². The summed E-state index contributed by atoms with van der Waals surface area (Å²) in [6, 6.07) is 7.07. The van der Waals surface area contributed by atoms with Crippen LogP contribution in [0.1, 0.15) is 17.3 Å². The number of amides is 2. The summed E-state index contributed by atoms with van der Waals surface area (Å²) in [7, 11) is -4.02. The number of anilines is 2. The van der Waals surface area contributed by atoms with Gasteiger partial charge in [0.05, 0.1) is 23.2 Å². The number of halogens is 2. The van der Waals surface area contributed by atoms with Gasteiger partial charge in [-0.3, -0.25) is 13.9 Å². The largest absolute Gasteiger partial charge is 0.366 e. The fourth-order valence-electron chi connectivity index (χ4n) is 2.48. The van der Waals surface area contributed by atoms with Crippen LogP contribution in [0.3, 0.4) is 0 Å². The quantitative estimate of drug-likeness (QED) is 0.775. The minimum atomic E-state index is -4.02. The van der Waals surface area contributed by atoms with Crippen LogP contribution in [0.4, 0.5) is 20.2 Å². The smallest absolute Gasteiger partial charge is 0.250 e. The first-order chi connectivity index (χ1) is 12.5. The molecular weight excluding hydrogens is 380 g/mol. The molecule has 10 heteroatoms. The Hall–Kier alpha value is -3.01. The molecule has 7 nitrogen and oxygen atoms in total. The highest BCUT2D eigenvalue weighted by Gasteiger charge is 2.30. The van der Waals surface area contributed by atoms with Crippen molar-refractivity contribution in [2.75, 3.05) is 15.9 Å². The van der Waals surface area contributed by atoms with E-state index >= 15 is 0 Å². The number of nitrogens with two attached hydrogens (primary N) is 1. The van der Waals surface area contributed by atoms with E-state index in [0.717, 1.165) is 18.4 Å². The van der Waals surface area contributed by atoms with Gasteiger partial charge in [-0.05, 0) is 31.2 Å². The van der Waals surface area contributed by atoms with Gasteiger partial charge in [-0.15, -0.1) is 0 Å². The van der Waals surface area contributed by atoms with Crippen molar-refractivity contribution in [1.82, 2.24) is 0 Å². The number of nitrogens with zero attached hydrogens (tertiary/aromatic N) is 1. The van der Waals surface area contributed by atoms with Crippen LogP contribution < -0.4 is 15.4 Å². The SMILES string of the molecule is C[C@H](C(=O)Nc1ccccc1C(N)=O)N(c1ccc(F)c(F)c1)S(C)(=O)=O. The zero-order valence-electron chi connectivity index (χ0n) is 14.4. The van der Waals surface area contributed by atoms with Crippen molar-refractivity contribution in [2.45, 2.75) is 13.0 Å². The Morgan fingerprint density at radius 3 is 2.30 bits per heavy atom. The molecule has 2 aromatic rings. The second kappa shape index (κ2) is 7.70. The topological polar surface area (TPSA) is 110 Å². The molecule has 0 fully saturated rings. The molecule has 27 heavy (non-hydrogen) atoms. The molecule has 2 amide bonds. The highest BCUT2D eigenvalue weighted by molar-refractivity contribution is 7.92. The Balaban J connectivity index is 2.39. The van der Waals surface area contributed by atoms with Crippen LogP contribution in [0.2, 0.25) is 0 Å². The van der Waals surface area contributed by atoms with E-state index in [9.17, 15) is 26.8 Å². The van der Waals surface area contributed by atoms with E-state index < -0.39 is 39.5 Å². The van der Waals surface area contributed by atoms with Gasteiger partial charge >= 0.3 is 0 Å². The van der Waals surface area contributed by atoms with Gasteiger partial charge in [0.15, 0.2) is 11.6 Å². The minimum absolute atomic E-state index is 0.0387. The second-order valence-corrected chi connectivity index (χ2v) is 7.59. The van der Waals surface area contributed by atoms with Gasteiger partial charge < -0.3 is 11.1 Å². The molecule has 0 aliphatic rings. The van der Waals surface area contributed by atoms with Crippen LogP contribution in [-0.4, -0.2) is 32.5 Å². The molecule has 0 heterocycles. The average Bonchev–Trinajstić information content (AvgIpc) is 2.57. The van der Waals surface area contributed by atoms with E-state index in [1.807, 2.05) is 0 Å². The van der Waals surface area contributed by atoms with E-state index in [0.29, 0.717) is 10.4 Å². The summed E-state index contributed by atoms with van der Waals surface area (Å²) in [5.74, 6) is -3.98. The first-order valence-electron chi connectivity index (χ1n) is 7.66. The number of benzene rings is 2. The molecule has 0 aliphatic carbocycles. The summed E-state index contributed by atoms with van der Waals surface area (Å²) in [5, 5.41) is 2.43. The monoisotopic (exact) mass is 397 g/mol. The fraction of sp³-hybridized carbons (Fsp3) is 0.176. The van der Waals surface area contributed by atoms with Crippen LogP contribution in [0.25, 0.3) is 0 Å². The summed E-state index contributed by atoms with van der Waals surface area (Å²) in [6.07, 6.45) is 0.829. The number of sulfonamides is 1. The van der Waals surface area contributed by atoms with Crippen molar-refractivity contribution in [3.05, 3.63) is 59.7 Å². The number of carbonyl (C=O) groups is 2. The standard InChI is InChI=1S/C17H17F2N3O4S/c1-10(17(24)21-15-6-4-3-5-12(15)16(20)23)22(27(2,25)26)11-7-8-13(18)14(19)9-11/h3-10H,1-2H3,(H2,20,23)(H,21,24)/t10-/m1/s1. The number of nitrogens with one attached hydrogen (secondary N) is 1. The van der Waals surface area contributed by atoms with Crippen molar-refractivity contribution >= 4 is 33.2 Å². The molecule has 3 N–H and O–H groups in total. The summed E-state index contributed by atoms with van der Waals surface area (Å²) in [6.45, 7) is 1.27. The molecule has 0 spiro atoms. The maximum Gasteiger partial charge on any atom is 0.250 e. The van der Waals surface area contributed by atoms with Crippen LogP contribution in [0.15, 0.2) is 42.5 Å². The van der Waals surface area contributed by atoms with E-state index in [4.69, 9.17) is 5.73 Å². The zero-order chi connectivity index (χ0) is 20.4. The number of rotatable bonds is 6. The van der Waals surface area contributed by atoms with Crippen LogP contribution in [-0.2, 0) is 14.8 Å². The second-order valence-electron chi connectivity index (χ2n) is 5.73. The lowest BCUT2D eigenvalue weighted by Gasteiger charge is -2.28. The van der Waals surface area contributed by atoms with Gasteiger partial charge in [0.2, 0.25) is 15.9 Å². The first-order valence-corrected chi connectivity index (χ1v) is 9.51. The summed E-state index contributed by atoms with van der Waals surface area (Å²) < 4.78 is 51.7. The predicted molar refractivity (Wildman–Crippen MR) is 96.7 cm³/mol. The van der Waals surface area contributed by atoms with Crippen molar-refractivity contribution in [1.29, 1.82) is 0 Å². The van der Waals surface area contributed by atoms with Crippen LogP contribution >= 0.6 is 0 Å². The maximum atomic E-state index is 13.5. The summed E-state index contributed by atoms with van der Waals surface area (Å²) in [5.41, 5.74) is 5.16. The van der Waals surface area contributed by atoms with Crippen molar-refractivity contribution in [3.63, 3.8) is 0 Å². The predicted octanol–water partition coefficient (Wildman–Crippen LogP) is 1.86. The molecule has 144 valence electrons. The Kier molecular flexibility index (Phi) is 5.79. The number of carbonyl (C=O) groups excluding carboxylic acids is 2. The summed E-state index contributed by atoms with van der Waals surface area (Å²) >= 11 is 0. The lowest BCUT2D eigenvalue weighted by Crippen LogP contribution is -2.45. The molecule has 2 rings (SSSR count). The van der Waals surface area contributed by atoms with Gasteiger partial charge in [0, 0.05) is 6.07 Å².